The first-order valence-electron chi connectivity index (χ1n) is 10.9. The van der Waals surface area contributed by atoms with E-state index in [1.54, 1.807) is 0 Å². The molecule has 0 N–H and O–H groups in total. The summed E-state index contributed by atoms with van der Waals surface area (Å²) in [4.78, 5) is 7.02. The SMILES string of the molecule is CCOc1ccccc1-c1nc(CN(C)Cc2cccc(-n3nc(C)cc3C)c2)c(C)o1. The quantitative estimate of drug-likeness (QED) is 0.370. The van der Waals surface area contributed by atoms with Crippen molar-refractivity contribution in [3.8, 4) is 22.9 Å². The van der Waals surface area contributed by atoms with Gasteiger partial charge in [0.15, 0.2) is 0 Å². The van der Waals surface area contributed by atoms with Gasteiger partial charge in [-0.25, -0.2) is 9.67 Å². The number of oxazole rings is 1. The Morgan fingerprint density at radius 1 is 1.00 bits per heavy atom. The molecule has 0 saturated heterocycles. The fourth-order valence-electron chi connectivity index (χ4n) is 3.91. The monoisotopic (exact) mass is 430 g/mol. The van der Waals surface area contributed by atoms with Gasteiger partial charge in [-0.05, 0) is 70.6 Å². The maximum absolute atomic E-state index is 6.00. The van der Waals surface area contributed by atoms with E-state index in [0.29, 0.717) is 19.0 Å². The molecular formula is C26H30N4O2. The van der Waals surface area contributed by atoms with Gasteiger partial charge in [0, 0.05) is 18.8 Å². The molecule has 0 unspecified atom stereocenters. The second-order valence-corrected chi connectivity index (χ2v) is 8.13. The Morgan fingerprint density at radius 3 is 2.56 bits per heavy atom. The predicted molar refractivity (Wildman–Crippen MR) is 126 cm³/mol. The van der Waals surface area contributed by atoms with Crippen molar-refractivity contribution in [1.29, 1.82) is 0 Å². The topological polar surface area (TPSA) is 56.3 Å². The lowest BCUT2D eigenvalue weighted by Crippen LogP contribution is -2.18. The molecule has 166 valence electrons. The highest BCUT2D eigenvalue weighted by molar-refractivity contribution is 5.63. The van der Waals surface area contributed by atoms with Crippen molar-refractivity contribution >= 4 is 0 Å². The molecule has 0 aliphatic rings. The van der Waals surface area contributed by atoms with Crippen molar-refractivity contribution in [2.24, 2.45) is 0 Å². The third kappa shape index (κ3) is 4.75. The lowest BCUT2D eigenvalue weighted by atomic mass is 10.2. The molecule has 2 heterocycles. The summed E-state index contributed by atoms with van der Waals surface area (Å²) in [5.74, 6) is 2.22. The van der Waals surface area contributed by atoms with Crippen LogP contribution in [0.3, 0.4) is 0 Å². The van der Waals surface area contributed by atoms with Crippen molar-refractivity contribution in [3.05, 3.63) is 83.0 Å². The van der Waals surface area contributed by atoms with E-state index in [2.05, 4.69) is 54.3 Å². The normalized spacial score (nSPS) is 11.3. The van der Waals surface area contributed by atoms with Crippen molar-refractivity contribution in [3.63, 3.8) is 0 Å². The van der Waals surface area contributed by atoms with Crippen LogP contribution in [0.4, 0.5) is 0 Å². The number of hydrogen-bond acceptors (Lipinski definition) is 5. The number of para-hydroxylation sites is 1. The smallest absolute Gasteiger partial charge is 0.230 e. The summed E-state index contributed by atoms with van der Waals surface area (Å²) in [6.07, 6.45) is 0. The summed E-state index contributed by atoms with van der Waals surface area (Å²) < 4.78 is 13.7. The Kier molecular flexibility index (Phi) is 6.42. The number of nitrogens with zero attached hydrogens (tertiary/aromatic N) is 4. The molecule has 32 heavy (non-hydrogen) atoms. The summed E-state index contributed by atoms with van der Waals surface area (Å²) in [6.45, 7) is 10.1. The number of aryl methyl sites for hydroxylation is 3. The van der Waals surface area contributed by atoms with E-state index >= 15 is 0 Å². The van der Waals surface area contributed by atoms with E-state index in [1.807, 2.05) is 49.7 Å². The van der Waals surface area contributed by atoms with Gasteiger partial charge in [-0.1, -0.05) is 24.3 Å². The van der Waals surface area contributed by atoms with E-state index in [4.69, 9.17) is 14.1 Å². The van der Waals surface area contributed by atoms with E-state index in [1.165, 1.54) is 5.56 Å². The van der Waals surface area contributed by atoms with Crippen molar-refractivity contribution in [2.75, 3.05) is 13.7 Å². The van der Waals surface area contributed by atoms with Crippen LogP contribution < -0.4 is 4.74 Å². The van der Waals surface area contributed by atoms with Crippen molar-refractivity contribution < 1.29 is 9.15 Å². The molecule has 0 aliphatic heterocycles. The zero-order valence-electron chi connectivity index (χ0n) is 19.4. The fraction of sp³-hybridized carbons (Fsp3) is 0.308. The molecule has 6 nitrogen and oxygen atoms in total. The molecule has 0 amide bonds. The number of aromatic nitrogens is 3. The highest BCUT2D eigenvalue weighted by Gasteiger charge is 2.16. The molecule has 0 bridgehead atoms. The molecule has 2 aromatic heterocycles. The van der Waals surface area contributed by atoms with Gasteiger partial charge in [0.2, 0.25) is 5.89 Å². The zero-order valence-corrected chi connectivity index (χ0v) is 19.4. The number of hydrogen-bond donors (Lipinski definition) is 0. The van der Waals surface area contributed by atoms with Gasteiger partial charge >= 0.3 is 0 Å². The zero-order chi connectivity index (χ0) is 22.7. The Labute approximate surface area is 189 Å². The van der Waals surface area contributed by atoms with Gasteiger partial charge in [-0.15, -0.1) is 0 Å². The summed E-state index contributed by atoms with van der Waals surface area (Å²) in [5, 5.41) is 4.60. The number of benzene rings is 2. The van der Waals surface area contributed by atoms with Crippen molar-refractivity contribution in [2.45, 2.75) is 40.8 Å². The minimum atomic E-state index is 0.599. The highest BCUT2D eigenvalue weighted by Crippen LogP contribution is 2.31. The summed E-state index contributed by atoms with van der Waals surface area (Å²) in [7, 11) is 2.10. The Morgan fingerprint density at radius 2 is 1.81 bits per heavy atom. The van der Waals surface area contributed by atoms with Crippen LogP contribution in [0.2, 0.25) is 0 Å². The lowest BCUT2D eigenvalue weighted by Gasteiger charge is -2.16. The van der Waals surface area contributed by atoms with Gasteiger partial charge in [0.25, 0.3) is 0 Å². The maximum Gasteiger partial charge on any atom is 0.230 e. The molecule has 2 aromatic carbocycles. The largest absolute Gasteiger partial charge is 0.493 e. The molecule has 0 fully saturated rings. The fourth-order valence-corrected chi connectivity index (χ4v) is 3.91. The van der Waals surface area contributed by atoms with E-state index in [9.17, 15) is 0 Å². The average Bonchev–Trinajstić information content (AvgIpc) is 3.29. The third-order valence-electron chi connectivity index (χ3n) is 5.35. The highest BCUT2D eigenvalue weighted by atomic mass is 16.5. The predicted octanol–water partition coefficient (Wildman–Crippen LogP) is 5.48. The van der Waals surface area contributed by atoms with E-state index in [0.717, 1.165) is 46.4 Å². The maximum atomic E-state index is 6.00. The Bertz CT molecular complexity index is 1210. The van der Waals surface area contributed by atoms with Crippen LogP contribution in [-0.4, -0.2) is 33.3 Å². The molecule has 4 aromatic rings. The number of ether oxygens (including phenoxy) is 1. The first-order chi connectivity index (χ1) is 15.4. The molecular weight excluding hydrogens is 400 g/mol. The van der Waals surface area contributed by atoms with E-state index in [-0.39, 0.29) is 0 Å². The first kappa shape index (κ1) is 21.8. The van der Waals surface area contributed by atoms with Crippen molar-refractivity contribution in [1.82, 2.24) is 19.7 Å². The summed E-state index contributed by atoms with van der Waals surface area (Å²) in [6, 6.07) is 18.5. The molecule has 0 saturated carbocycles. The third-order valence-corrected chi connectivity index (χ3v) is 5.35. The van der Waals surface area contributed by atoms with Crippen LogP contribution >= 0.6 is 0 Å². The van der Waals surface area contributed by atoms with Crippen LogP contribution in [0, 0.1) is 20.8 Å². The molecule has 0 aliphatic carbocycles. The van der Waals surface area contributed by atoms with Gasteiger partial charge in [0.1, 0.15) is 11.5 Å². The molecule has 0 atom stereocenters. The van der Waals surface area contributed by atoms with Crippen LogP contribution in [0.5, 0.6) is 5.75 Å². The number of rotatable bonds is 8. The lowest BCUT2D eigenvalue weighted by molar-refractivity contribution is 0.313. The van der Waals surface area contributed by atoms with Crippen LogP contribution in [0.1, 0.15) is 35.3 Å². The molecule has 0 radical (unpaired) electrons. The minimum absolute atomic E-state index is 0.599. The molecule has 4 rings (SSSR count). The standard InChI is InChI=1S/C26H30N4O2/c1-6-31-25-13-8-7-12-23(25)26-27-24(20(4)32-26)17-29(5)16-21-10-9-11-22(15-21)30-19(3)14-18(2)28-30/h7-15H,6,16-17H2,1-5H3. The summed E-state index contributed by atoms with van der Waals surface area (Å²) in [5.41, 5.74) is 6.27. The first-order valence-corrected chi connectivity index (χ1v) is 10.9. The van der Waals surface area contributed by atoms with E-state index < -0.39 is 0 Å². The minimum Gasteiger partial charge on any atom is -0.493 e. The molecule has 0 spiro atoms. The van der Waals surface area contributed by atoms with Gasteiger partial charge in [-0.2, -0.15) is 5.10 Å². The van der Waals surface area contributed by atoms with Gasteiger partial charge in [0.05, 0.1) is 29.2 Å². The average molecular weight is 431 g/mol. The second-order valence-electron chi connectivity index (χ2n) is 8.13. The van der Waals surface area contributed by atoms with Gasteiger partial charge in [-0.3, -0.25) is 4.90 Å². The van der Waals surface area contributed by atoms with Crippen LogP contribution in [0.25, 0.3) is 17.1 Å². The summed E-state index contributed by atoms with van der Waals surface area (Å²) >= 11 is 0. The molecule has 6 heteroatoms. The van der Waals surface area contributed by atoms with Crippen LogP contribution in [-0.2, 0) is 13.1 Å². The second kappa shape index (κ2) is 9.40. The van der Waals surface area contributed by atoms with Gasteiger partial charge < -0.3 is 9.15 Å². The Balaban J connectivity index is 1.49. The Hall–Kier alpha value is -3.38. The van der Waals surface area contributed by atoms with Crippen LogP contribution in [0.15, 0.2) is 59.0 Å².